The van der Waals surface area contributed by atoms with Crippen LogP contribution in [0.15, 0.2) is 24.3 Å². The van der Waals surface area contributed by atoms with Crippen LogP contribution in [0.25, 0.3) is 0 Å². The van der Waals surface area contributed by atoms with Crippen LogP contribution in [0.1, 0.15) is 32.3 Å². The van der Waals surface area contributed by atoms with Crippen LogP contribution >= 0.6 is 11.6 Å². The lowest BCUT2D eigenvalue weighted by Gasteiger charge is -2.30. The van der Waals surface area contributed by atoms with E-state index in [0.29, 0.717) is 0 Å². The highest BCUT2D eigenvalue weighted by Gasteiger charge is 2.65. The van der Waals surface area contributed by atoms with Crippen molar-refractivity contribution in [2.24, 2.45) is 0 Å². The molecule has 1 heterocycles. The van der Waals surface area contributed by atoms with E-state index in [2.05, 4.69) is 0 Å². The van der Waals surface area contributed by atoms with Gasteiger partial charge >= 0.3 is 11.9 Å². The molecule has 0 bridgehead atoms. The largest absolute Gasteiger partial charge is 0.464 e. The van der Waals surface area contributed by atoms with Crippen LogP contribution in [0.4, 0.5) is 0 Å². The lowest BCUT2D eigenvalue weighted by molar-refractivity contribution is -0.745. The number of benzene rings is 1. The first-order valence-corrected chi connectivity index (χ1v) is 8.90. The standard InChI is InChI=1S/C18H20ClNO8/c1-4-26-16(23)15(22)14-13(11-8-6-7-9-12(11)19)18(10(3)21,28-20(14)25)17(24)27-5-2/h6-9,13,15,22H,4-5H2,1-3H3/t13-,15+,18+/m1/s1. The third-order valence-corrected chi connectivity index (χ3v) is 4.59. The van der Waals surface area contributed by atoms with Gasteiger partial charge in [-0.25, -0.2) is 9.59 Å². The molecule has 0 amide bonds. The lowest BCUT2D eigenvalue weighted by atomic mass is 9.75. The molecule has 3 atom stereocenters. The van der Waals surface area contributed by atoms with E-state index in [-0.39, 0.29) is 28.7 Å². The molecule has 0 saturated heterocycles. The molecule has 0 saturated carbocycles. The molecule has 0 radical (unpaired) electrons. The number of carbonyl (C=O) groups excluding carboxylic acids is 3. The number of hydrogen-bond acceptors (Lipinski definition) is 8. The van der Waals surface area contributed by atoms with Crippen LogP contribution in [0.2, 0.25) is 5.02 Å². The Labute approximate surface area is 166 Å². The molecule has 0 unspecified atom stereocenters. The number of halogens is 1. The summed E-state index contributed by atoms with van der Waals surface area (Å²) in [5.41, 5.74) is -2.93. The van der Waals surface area contributed by atoms with E-state index >= 15 is 0 Å². The maximum atomic E-state index is 12.7. The molecule has 10 heteroatoms. The normalized spacial score (nSPS) is 22.4. The van der Waals surface area contributed by atoms with Crippen molar-refractivity contribution < 1.29 is 38.7 Å². The first kappa shape index (κ1) is 21.6. The molecule has 0 aliphatic carbocycles. The summed E-state index contributed by atoms with van der Waals surface area (Å²) in [5.74, 6) is -4.64. The number of ether oxygens (including phenoxy) is 2. The van der Waals surface area contributed by atoms with Crippen LogP contribution in [0, 0.1) is 5.21 Å². The predicted octanol–water partition coefficient (Wildman–Crippen LogP) is 1.13. The monoisotopic (exact) mass is 413 g/mol. The summed E-state index contributed by atoms with van der Waals surface area (Å²) in [6.07, 6.45) is -2.09. The van der Waals surface area contributed by atoms with E-state index in [1.54, 1.807) is 12.1 Å². The highest BCUT2D eigenvalue weighted by molar-refractivity contribution is 6.32. The van der Waals surface area contributed by atoms with Crippen molar-refractivity contribution in [3.8, 4) is 0 Å². The van der Waals surface area contributed by atoms with Gasteiger partial charge in [0.2, 0.25) is 11.7 Å². The molecule has 152 valence electrons. The first-order chi connectivity index (χ1) is 13.2. The van der Waals surface area contributed by atoms with Gasteiger partial charge in [0.15, 0.2) is 5.78 Å². The summed E-state index contributed by atoms with van der Waals surface area (Å²) in [6, 6.07) is 6.07. The zero-order chi connectivity index (χ0) is 21.1. The van der Waals surface area contributed by atoms with Gasteiger partial charge in [0.05, 0.1) is 13.2 Å². The number of rotatable bonds is 7. The summed E-state index contributed by atoms with van der Waals surface area (Å²) in [5, 5.41) is 23.1. The van der Waals surface area contributed by atoms with Gasteiger partial charge in [0, 0.05) is 9.92 Å². The summed E-state index contributed by atoms with van der Waals surface area (Å²) < 4.78 is 9.71. The SMILES string of the molecule is CCOC(=O)[C@@H](O)C1=[N+]([O-])O[C@](C(C)=O)(C(=O)OCC)[C@@H]1c1ccccc1Cl. The second-order valence-electron chi connectivity index (χ2n) is 5.89. The fraction of sp³-hybridized carbons (Fsp3) is 0.444. The molecule has 2 rings (SSSR count). The summed E-state index contributed by atoms with van der Waals surface area (Å²) >= 11 is 6.23. The zero-order valence-electron chi connectivity index (χ0n) is 15.5. The number of carbonyl (C=O) groups is 3. The Morgan fingerprint density at radius 1 is 1.29 bits per heavy atom. The topological polar surface area (TPSA) is 125 Å². The number of esters is 2. The van der Waals surface area contributed by atoms with Crippen LogP contribution in [0.5, 0.6) is 0 Å². The van der Waals surface area contributed by atoms with Gasteiger partial charge in [-0.3, -0.25) is 10.0 Å². The number of hydrogen-bond donors (Lipinski definition) is 1. The minimum absolute atomic E-state index is 0.0601. The summed E-state index contributed by atoms with van der Waals surface area (Å²) in [4.78, 5) is 42.2. The first-order valence-electron chi connectivity index (χ1n) is 8.52. The highest BCUT2D eigenvalue weighted by Crippen LogP contribution is 2.43. The smallest absolute Gasteiger partial charge is 0.346 e. The van der Waals surface area contributed by atoms with Crippen LogP contribution < -0.4 is 0 Å². The van der Waals surface area contributed by atoms with Crippen molar-refractivity contribution in [2.75, 3.05) is 13.2 Å². The van der Waals surface area contributed by atoms with E-state index in [1.807, 2.05) is 0 Å². The number of nitrogens with zero attached hydrogens (tertiary/aromatic N) is 1. The average molecular weight is 414 g/mol. The Hall–Kier alpha value is -2.65. The Kier molecular flexibility index (Phi) is 6.63. The van der Waals surface area contributed by atoms with Crippen LogP contribution in [0.3, 0.4) is 0 Å². The summed E-state index contributed by atoms with van der Waals surface area (Å²) in [6.45, 7) is 3.91. The molecule has 28 heavy (non-hydrogen) atoms. The van der Waals surface area contributed by atoms with Gasteiger partial charge in [0.1, 0.15) is 5.92 Å². The minimum Gasteiger partial charge on any atom is -0.464 e. The third kappa shape index (κ3) is 3.55. The predicted molar refractivity (Wildman–Crippen MR) is 96.6 cm³/mol. The third-order valence-electron chi connectivity index (χ3n) is 4.25. The second-order valence-corrected chi connectivity index (χ2v) is 6.30. The number of Topliss-reactive ketones (excluding diaryl/α,β-unsaturated/α-hetero) is 1. The Bertz CT molecular complexity index is 824. The number of aliphatic hydroxyl groups excluding tert-OH is 1. The fourth-order valence-electron chi connectivity index (χ4n) is 3.04. The van der Waals surface area contributed by atoms with Crippen LogP contribution in [-0.4, -0.2) is 58.4 Å². The molecule has 0 spiro atoms. The van der Waals surface area contributed by atoms with Gasteiger partial charge < -0.3 is 19.4 Å². The quantitative estimate of drug-likeness (QED) is 0.400. The lowest BCUT2D eigenvalue weighted by Crippen LogP contribution is -2.54. The van der Waals surface area contributed by atoms with Gasteiger partial charge in [-0.15, -0.1) is 0 Å². The van der Waals surface area contributed by atoms with Crippen molar-refractivity contribution in [1.29, 1.82) is 0 Å². The summed E-state index contributed by atoms with van der Waals surface area (Å²) in [7, 11) is 0. The molecule has 1 aromatic rings. The van der Waals surface area contributed by atoms with Gasteiger partial charge in [-0.05, 0) is 32.4 Å². The second kappa shape index (κ2) is 8.57. The van der Waals surface area contributed by atoms with Crippen molar-refractivity contribution in [3.63, 3.8) is 0 Å². The Balaban J connectivity index is 2.73. The van der Waals surface area contributed by atoms with Crippen molar-refractivity contribution in [3.05, 3.63) is 40.1 Å². The van der Waals surface area contributed by atoms with E-state index < -0.39 is 41.1 Å². The van der Waals surface area contributed by atoms with E-state index in [9.17, 15) is 24.7 Å². The van der Waals surface area contributed by atoms with E-state index in [4.69, 9.17) is 25.9 Å². The van der Waals surface area contributed by atoms with Crippen molar-refractivity contribution >= 4 is 35.0 Å². The molecule has 0 fully saturated rings. The Morgan fingerprint density at radius 3 is 2.43 bits per heavy atom. The van der Waals surface area contributed by atoms with Crippen LogP contribution in [-0.2, 0) is 28.7 Å². The highest BCUT2D eigenvalue weighted by atomic mass is 35.5. The van der Waals surface area contributed by atoms with Gasteiger partial charge in [-0.1, -0.05) is 29.8 Å². The van der Waals surface area contributed by atoms with Crippen molar-refractivity contribution in [2.45, 2.75) is 38.4 Å². The molecule has 0 aromatic heterocycles. The molecule has 9 nitrogen and oxygen atoms in total. The maximum Gasteiger partial charge on any atom is 0.346 e. The average Bonchev–Trinajstić information content (AvgIpc) is 2.96. The fourth-order valence-corrected chi connectivity index (χ4v) is 3.29. The molecular formula is C18H20ClNO8. The van der Waals surface area contributed by atoms with E-state index in [1.165, 1.54) is 26.0 Å². The molecule has 1 aromatic carbocycles. The van der Waals surface area contributed by atoms with E-state index in [0.717, 1.165) is 6.92 Å². The molecule has 1 N–H and O–H groups in total. The molecule has 1 aliphatic rings. The minimum atomic E-state index is -2.45. The number of ketones is 1. The van der Waals surface area contributed by atoms with Gasteiger partial charge in [0.25, 0.3) is 5.71 Å². The number of aliphatic hydroxyl groups is 1. The van der Waals surface area contributed by atoms with Crippen molar-refractivity contribution in [1.82, 2.24) is 0 Å². The maximum absolute atomic E-state index is 12.7. The van der Waals surface area contributed by atoms with Gasteiger partial charge in [-0.2, -0.15) is 0 Å². The molecule has 1 aliphatic heterocycles. The Morgan fingerprint density at radius 2 is 1.89 bits per heavy atom. The zero-order valence-corrected chi connectivity index (χ0v) is 16.3. The molecular weight excluding hydrogens is 394 g/mol.